The lowest BCUT2D eigenvalue weighted by molar-refractivity contribution is 0.918. The van der Waals surface area contributed by atoms with Crippen molar-refractivity contribution >= 4 is 6.21 Å². The lowest BCUT2D eigenvalue weighted by Crippen LogP contribution is -2.10. The van der Waals surface area contributed by atoms with Gasteiger partial charge in [0.1, 0.15) is 0 Å². The second kappa shape index (κ2) is 6.38. The first-order valence-corrected chi connectivity index (χ1v) is 4.29. The summed E-state index contributed by atoms with van der Waals surface area (Å²) < 4.78 is 0. The first-order chi connectivity index (χ1) is 6.06. The van der Waals surface area contributed by atoms with Crippen LogP contribution in [0.3, 0.4) is 0 Å². The number of hydrogen-bond donors (Lipinski definition) is 1. The standard InChI is InChI=1S/C11H18N2/c1-9(7-11(3)12)5-6-10(2)8-13-4/h5-8,11H,2,12H2,1,3-4H3/b6-5-,9-7-,13-8-. The molecule has 0 aliphatic carbocycles. The molecule has 0 saturated carbocycles. The van der Waals surface area contributed by atoms with E-state index in [1.54, 1.807) is 13.3 Å². The molecule has 0 radical (unpaired) electrons. The molecule has 0 spiro atoms. The maximum absolute atomic E-state index is 5.60. The molecule has 2 nitrogen and oxygen atoms in total. The van der Waals surface area contributed by atoms with Crippen LogP contribution in [0.1, 0.15) is 13.8 Å². The fourth-order valence-electron chi connectivity index (χ4n) is 0.918. The van der Waals surface area contributed by atoms with Crippen molar-refractivity contribution in [2.45, 2.75) is 19.9 Å². The van der Waals surface area contributed by atoms with Gasteiger partial charge in [0, 0.05) is 19.3 Å². The third kappa shape index (κ3) is 7.22. The molecule has 0 rings (SSSR count). The minimum atomic E-state index is 0.0951. The topological polar surface area (TPSA) is 38.4 Å². The summed E-state index contributed by atoms with van der Waals surface area (Å²) in [6.07, 6.45) is 7.61. The van der Waals surface area contributed by atoms with Crippen LogP contribution in [0.2, 0.25) is 0 Å². The van der Waals surface area contributed by atoms with Crippen molar-refractivity contribution in [3.05, 3.63) is 36.0 Å². The summed E-state index contributed by atoms with van der Waals surface area (Å²) in [5, 5.41) is 0. The zero-order valence-corrected chi connectivity index (χ0v) is 8.62. The number of rotatable bonds is 4. The maximum atomic E-state index is 5.60. The van der Waals surface area contributed by atoms with E-state index in [9.17, 15) is 0 Å². The zero-order chi connectivity index (χ0) is 10.3. The van der Waals surface area contributed by atoms with E-state index in [4.69, 9.17) is 5.73 Å². The van der Waals surface area contributed by atoms with Crippen molar-refractivity contribution < 1.29 is 0 Å². The number of nitrogens with two attached hydrogens (primary N) is 1. The Morgan fingerprint density at radius 1 is 1.46 bits per heavy atom. The Bertz CT molecular complexity index is 245. The van der Waals surface area contributed by atoms with E-state index >= 15 is 0 Å². The quantitative estimate of drug-likeness (QED) is 0.519. The maximum Gasteiger partial charge on any atom is 0.0277 e. The third-order valence-electron chi connectivity index (χ3n) is 1.38. The van der Waals surface area contributed by atoms with Gasteiger partial charge < -0.3 is 5.73 Å². The monoisotopic (exact) mass is 178 g/mol. The van der Waals surface area contributed by atoms with Crippen LogP contribution in [0.25, 0.3) is 0 Å². The number of hydrogen-bond acceptors (Lipinski definition) is 2. The van der Waals surface area contributed by atoms with E-state index in [0.717, 1.165) is 11.1 Å². The van der Waals surface area contributed by atoms with Gasteiger partial charge in [-0.25, -0.2) is 0 Å². The summed E-state index contributed by atoms with van der Waals surface area (Å²) in [5.41, 5.74) is 7.63. The molecular weight excluding hydrogens is 160 g/mol. The highest BCUT2D eigenvalue weighted by Gasteiger charge is 1.87. The summed E-state index contributed by atoms with van der Waals surface area (Å²) in [4.78, 5) is 3.85. The summed E-state index contributed by atoms with van der Waals surface area (Å²) >= 11 is 0. The van der Waals surface area contributed by atoms with E-state index in [2.05, 4.69) is 11.6 Å². The molecule has 0 aromatic carbocycles. The third-order valence-corrected chi connectivity index (χ3v) is 1.38. The molecule has 0 fully saturated rings. The normalized spacial score (nSPS) is 15.5. The largest absolute Gasteiger partial charge is 0.325 e. The van der Waals surface area contributed by atoms with E-state index in [1.807, 2.05) is 32.1 Å². The van der Waals surface area contributed by atoms with E-state index in [0.29, 0.717) is 0 Å². The average molecular weight is 178 g/mol. The van der Waals surface area contributed by atoms with Crippen LogP contribution in [0.4, 0.5) is 0 Å². The van der Waals surface area contributed by atoms with Gasteiger partial charge in [-0.15, -0.1) is 0 Å². The molecular formula is C11H18N2. The van der Waals surface area contributed by atoms with Crippen LogP contribution in [0.15, 0.2) is 40.9 Å². The van der Waals surface area contributed by atoms with Crippen molar-refractivity contribution in [1.82, 2.24) is 0 Å². The Kier molecular flexibility index (Phi) is 5.81. The molecule has 0 heterocycles. The second-order valence-corrected chi connectivity index (χ2v) is 3.07. The van der Waals surface area contributed by atoms with Gasteiger partial charge in [0.05, 0.1) is 0 Å². The molecule has 0 aliphatic rings. The minimum absolute atomic E-state index is 0.0951. The Morgan fingerprint density at radius 3 is 2.54 bits per heavy atom. The smallest absolute Gasteiger partial charge is 0.0277 e. The molecule has 13 heavy (non-hydrogen) atoms. The van der Waals surface area contributed by atoms with E-state index < -0.39 is 0 Å². The van der Waals surface area contributed by atoms with Crippen LogP contribution in [-0.2, 0) is 0 Å². The van der Waals surface area contributed by atoms with Gasteiger partial charge >= 0.3 is 0 Å². The molecule has 0 aliphatic heterocycles. The minimum Gasteiger partial charge on any atom is -0.325 e. The molecule has 2 N–H and O–H groups in total. The van der Waals surface area contributed by atoms with Crippen LogP contribution in [0, 0.1) is 0 Å². The van der Waals surface area contributed by atoms with Crippen LogP contribution in [0.5, 0.6) is 0 Å². The van der Waals surface area contributed by atoms with E-state index in [-0.39, 0.29) is 6.04 Å². The fourth-order valence-corrected chi connectivity index (χ4v) is 0.918. The summed E-state index contributed by atoms with van der Waals surface area (Å²) in [5.74, 6) is 0. The molecule has 0 amide bonds. The van der Waals surface area contributed by atoms with Crippen molar-refractivity contribution in [3.63, 3.8) is 0 Å². The van der Waals surface area contributed by atoms with Gasteiger partial charge in [0.15, 0.2) is 0 Å². The van der Waals surface area contributed by atoms with E-state index in [1.165, 1.54) is 0 Å². The molecule has 0 bridgehead atoms. The second-order valence-electron chi connectivity index (χ2n) is 3.07. The first-order valence-electron chi connectivity index (χ1n) is 4.29. The summed E-state index contributed by atoms with van der Waals surface area (Å²) in [6.45, 7) is 7.76. The highest BCUT2D eigenvalue weighted by atomic mass is 14.6. The van der Waals surface area contributed by atoms with Crippen molar-refractivity contribution in [3.8, 4) is 0 Å². The number of allylic oxidation sites excluding steroid dienone is 4. The first kappa shape index (κ1) is 11.8. The Hall–Kier alpha value is -1.15. The van der Waals surface area contributed by atoms with Crippen LogP contribution in [-0.4, -0.2) is 19.3 Å². The summed E-state index contributed by atoms with van der Waals surface area (Å²) in [6, 6.07) is 0.0951. The Morgan fingerprint density at radius 2 is 2.08 bits per heavy atom. The highest BCUT2D eigenvalue weighted by molar-refractivity contribution is 5.81. The molecule has 1 unspecified atom stereocenters. The molecule has 2 heteroatoms. The number of aliphatic imine (C=N–C) groups is 1. The van der Waals surface area contributed by atoms with Gasteiger partial charge in [-0.05, 0) is 19.4 Å². The van der Waals surface area contributed by atoms with Crippen molar-refractivity contribution in [1.29, 1.82) is 0 Å². The predicted molar refractivity (Wildman–Crippen MR) is 60.1 cm³/mol. The molecule has 72 valence electrons. The van der Waals surface area contributed by atoms with Crippen molar-refractivity contribution in [2.75, 3.05) is 7.05 Å². The fraction of sp³-hybridized carbons (Fsp3) is 0.364. The lowest BCUT2D eigenvalue weighted by atomic mass is 10.2. The van der Waals surface area contributed by atoms with Crippen LogP contribution < -0.4 is 5.73 Å². The summed E-state index contributed by atoms with van der Waals surface area (Å²) in [7, 11) is 1.73. The average Bonchev–Trinajstić information content (AvgIpc) is 2.00. The van der Waals surface area contributed by atoms with Gasteiger partial charge in [-0.1, -0.05) is 30.4 Å². The molecule has 0 aromatic heterocycles. The molecule has 1 atom stereocenters. The lowest BCUT2D eigenvalue weighted by Gasteiger charge is -1.97. The van der Waals surface area contributed by atoms with Crippen molar-refractivity contribution in [2.24, 2.45) is 10.7 Å². The van der Waals surface area contributed by atoms with Gasteiger partial charge in [0.2, 0.25) is 0 Å². The predicted octanol–water partition coefficient (Wildman–Crippen LogP) is 2.09. The Labute approximate surface area is 80.6 Å². The molecule has 0 aromatic rings. The highest BCUT2D eigenvalue weighted by Crippen LogP contribution is 1.99. The van der Waals surface area contributed by atoms with Gasteiger partial charge in [-0.2, -0.15) is 0 Å². The van der Waals surface area contributed by atoms with Crippen LogP contribution >= 0.6 is 0 Å². The molecule has 0 saturated heterocycles. The SMILES string of the molecule is C=C(/C=C\C(C)=C/C(C)N)/C=N\C. The number of nitrogens with zero attached hydrogens (tertiary/aromatic N) is 1. The zero-order valence-electron chi connectivity index (χ0n) is 8.62. The Balaban J connectivity index is 4.19. The van der Waals surface area contributed by atoms with Gasteiger partial charge in [-0.3, -0.25) is 4.99 Å². The van der Waals surface area contributed by atoms with Gasteiger partial charge in [0.25, 0.3) is 0 Å².